The van der Waals surface area contributed by atoms with E-state index in [0.29, 0.717) is 12.8 Å². The lowest BCUT2D eigenvalue weighted by Crippen LogP contribution is -2.57. The Morgan fingerprint density at radius 2 is 2.29 bits per heavy atom. The van der Waals surface area contributed by atoms with Crippen molar-refractivity contribution < 1.29 is 14.8 Å². The van der Waals surface area contributed by atoms with E-state index in [0.717, 1.165) is 0 Å². The molecule has 0 aromatic carbocycles. The third kappa shape index (κ3) is 0.855. The fourth-order valence-corrected chi connectivity index (χ4v) is 2.80. The average Bonchev–Trinajstić information content (AvgIpc) is 2.26. The molecule has 0 aliphatic heterocycles. The highest BCUT2D eigenvalue weighted by molar-refractivity contribution is 5.93. The molecule has 2 fully saturated rings. The van der Waals surface area contributed by atoms with Crippen molar-refractivity contribution in [3.63, 3.8) is 0 Å². The standard InChI is InChI=1S/C9H13NO4/c1-8(10(13)14)5-6-3-2-4-9(8,12)7(6)11/h6,12H,2-5H2,1H3/t6-,8-,9-/m0/s1. The smallest absolute Gasteiger partial charge is 0.255 e. The van der Waals surface area contributed by atoms with Gasteiger partial charge in [0, 0.05) is 24.2 Å². The molecule has 0 saturated heterocycles. The molecule has 2 aliphatic rings. The Labute approximate surface area is 81.3 Å². The highest BCUT2D eigenvalue weighted by Crippen LogP contribution is 2.49. The maximum absolute atomic E-state index is 11.7. The van der Waals surface area contributed by atoms with E-state index in [-0.39, 0.29) is 24.5 Å². The van der Waals surface area contributed by atoms with Gasteiger partial charge in [-0.15, -0.1) is 0 Å². The second kappa shape index (κ2) is 2.53. The number of carbonyl (C=O) groups excluding carboxylic acids is 1. The van der Waals surface area contributed by atoms with E-state index in [9.17, 15) is 20.0 Å². The second-order valence-corrected chi connectivity index (χ2v) is 4.55. The molecule has 2 aliphatic carbocycles. The van der Waals surface area contributed by atoms with Gasteiger partial charge >= 0.3 is 0 Å². The van der Waals surface area contributed by atoms with E-state index in [2.05, 4.69) is 0 Å². The van der Waals surface area contributed by atoms with Gasteiger partial charge in [0.2, 0.25) is 0 Å². The molecule has 78 valence electrons. The van der Waals surface area contributed by atoms with Crippen LogP contribution in [0.4, 0.5) is 0 Å². The van der Waals surface area contributed by atoms with Crippen LogP contribution in [0.25, 0.3) is 0 Å². The zero-order valence-electron chi connectivity index (χ0n) is 8.02. The quantitative estimate of drug-likeness (QED) is 0.493. The summed E-state index contributed by atoms with van der Waals surface area (Å²) in [6.07, 6.45) is 1.82. The zero-order chi connectivity index (χ0) is 10.6. The van der Waals surface area contributed by atoms with Crippen molar-refractivity contribution in [1.82, 2.24) is 0 Å². The molecule has 2 saturated carbocycles. The van der Waals surface area contributed by atoms with Crippen LogP contribution in [0.5, 0.6) is 0 Å². The van der Waals surface area contributed by atoms with Crippen LogP contribution in [-0.2, 0) is 4.79 Å². The van der Waals surface area contributed by atoms with E-state index in [1.54, 1.807) is 0 Å². The predicted octanol–water partition coefficient (Wildman–Crippen LogP) is 0.526. The topological polar surface area (TPSA) is 80.4 Å². The van der Waals surface area contributed by atoms with Crippen LogP contribution in [0.3, 0.4) is 0 Å². The lowest BCUT2D eigenvalue weighted by molar-refractivity contribution is -0.583. The lowest BCUT2D eigenvalue weighted by Gasteiger charge is -2.31. The molecular formula is C9H13NO4. The first kappa shape index (κ1) is 9.58. The van der Waals surface area contributed by atoms with E-state index >= 15 is 0 Å². The van der Waals surface area contributed by atoms with Gasteiger partial charge in [-0.2, -0.15) is 0 Å². The third-order valence-corrected chi connectivity index (χ3v) is 3.81. The normalized spacial score (nSPS) is 46.7. The number of rotatable bonds is 1. The number of Topliss-reactive ketones (excluding diaryl/α,β-unsaturated/α-hetero) is 1. The van der Waals surface area contributed by atoms with Crippen molar-refractivity contribution in [2.45, 2.75) is 43.7 Å². The Morgan fingerprint density at radius 3 is 2.79 bits per heavy atom. The molecule has 0 aromatic heterocycles. The van der Waals surface area contributed by atoms with E-state index in [1.165, 1.54) is 6.92 Å². The first-order chi connectivity index (χ1) is 6.42. The lowest BCUT2D eigenvalue weighted by atomic mass is 9.78. The van der Waals surface area contributed by atoms with Gasteiger partial charge in [0.1, 0.15) is 0 Å². The Morgan fingerprint density at radius 1 is 1.64 bits per heavy atom. The summed E-state index contributed by atoms with van der Waals surface area (Å²) >= 11 is 0. The van der Waals surface area contributed by atoms with Gasteiger partial charge in [0.05, 0.1) is 0 Å². The summed E-state index contributed by atoms with van der Waals surface area (Å²) in [5, 5.41) is 21.0. The van der Waals surface area contributed by atoms with E-state index < -0.39 is 16.1 Å². The van der Waals surface area contributed by atoms with E-state index in [1.807, 2.05) is 0 Å². The molecule has 1 N–H and O–H groups in total. The van der Waals surface area contributed by atoms with Gasteiger partial charge in [-0.25, -0.2) is 0 Å². The fraction of sp³-hybridized carbons (Fsp3) is 0.889. The summed E-state index contributed by atoms with van der Waals surface area (Å²) in [6.45, 7) is 1.39. The monoisotopic (exact) mass is 199 g/mol. The Kier molecular flexibility index (Phi) is 1.73. The van der Waals surface area contributed by atoms with Gasteiger partial charge in [0.15, 0.2) is 11.4 Å². The maximum Gasteiger partial charge on any atom is 0.255 e. The maximum atomic E-state index is 11.7. The summed E-state index contributed by atoms with van der Waals surface area (Å²) in [6, 6.07) is 0. The highest BCUT2D eigenvalue weighted by Gasteiger charge is 2.70. The van der Waals surface area contributed by atoms with Crippen molar-refractivity contribution in [3.05, 3.63) is 10.1 Å². The predicted molar refractivity (Wildman–Crippen MR) is 47.3 cm³/mol. The Bertz CT molecular complexity index is 314. The van der Waals surface area contributed by atoms with Crippen LogP contribution < -0.4 is 0 Å². The summed E-state index contributed by atoms with van der Waals surface area (Å²) < 4.78 is 0. The molecule has 2 bridgehead atoms. The number of aliphatic hydroxyl groups is 1. The summed E-state index contributed by atoms with van der Waals surface area (Å²) in [4.78, 5) is 22.1. The SMILES string of the molecule is C[C@]1([N+](=O)[O-])C[C@@H]2CCC[C@]1(O)C2=O. The van der Waals surface area contributed by atoms with Crippen LogP contribution in [0.15, 0.2) is 0 Å². The number of hydrogen-bond donors (Lipinski definition) is 1. The number of fused-ring (bicyclic) bond motifs is 2. The Balaban J connectivity index is 2.48. The van der Waals surface area contributed by atoms with Gasteiger partial charge in [0.25, 0.3) is 5.54 Å². The first-order valence-corrected chi connectivity index (χ1v) is 4.83. The van der Waals surface area contributed by atoms with Crippen molar-refractivity contribution in [1.29, 1.82) is 0 Å². The Hall–Kier alpha value is -0.970. The molecule has 0 heterocycles. The molecule has 3 atom stereocenters. The second-order valence-electron chi connectivity index (χ2n) is 4.55. The number of ketones is 1. The van der Waals surface area contributed by atoms with Gasteiger partial charge in [-0.1, -0.05) is 0 Å². The van der Waals surface area contributed by atoms with E-state index in [4.69, 9.17) is 0 Å². The van der Waals surface area contributed by atoms with Crippen molar-refractivity contribution >= 4 is 5.78 Å². The van der Waals surface area contributed by atoms with Crippen LogP contribution >= 0.6 is 0 Å². The van der Waals surface area contributed by atoms with Crippen molar-refractivity contribution in [2.75, 3.05) is 0 Å². The molecule has 0 spiro atoms. The van der Waals surface area contributed by atoms with Gasteiger partial charge in [-0.3, -0.25) is 14.9 Å². The minimum absolute atomic E-state index is 0.190. The largest absolute Gasteiger partial charge is 0.375 e. The molecule has 0 unspecified atom stereocenters. The molecule has 5 heteroatoms. The van der Waals surface area contributed by atoms with Crippen molar-refractivity contribution in [3.8, 4) is 0 Å². The van der Waals surface area contributed by atoms with Crippen LogP contribution in [0.1, 0.15) is 32.6 Å². The number of hydrogen-bond acceptors (Lipinski definition) is 4. The number of nitrogens with zero attached hydrogens (tertiary/aromatic N) is 1. The molecular weight excluding hydrogens is 186 g/mol. The first-order valence-electron chi connectivity index (χ1n) is 4.83. The van der Waals surface area contributed by atoms with Crippen LogP contribution in [0.2, 0.25) is 0 Å². The number of carbonyl (C=O) groups is 1. The molecule has 2 rings (SSSR count). The highest BCUT2D eigenvalue weighted by atomic mass is 16.6. The van der Waals surface area contributed by atoms with Gasteiger partial charge in [-0.05, 0) is 19.3 Å². The number of nitro groups is 1. The molecule has 0 amide bonds. The summed E-state index contributed by atoms with van der Waals surface area (Å²) in [7, 11) is 0. The molecule has 14 heavy (non-hydrogen) atoms. The third-order valence-electron chi connectivity index (χ3n) is 3.81. The minimum Gasteiger partial charge on any atom is -0.375 e. The molecule has 0 radical (unpaired) electrons. The van der Waals surface area contributed by atoms with Crippen LogP contribution in [0, 0.1) is 16.0 Å². The van der Waals surface area contributed by atoms with Gasteiger partial charge < -0.3 is 5.11 Å². The summed E-state index contributed by atoms with van der Waals surface area (Å²) in [5.74, 6) is -0.618. The molecule has 5 nitrogen and oxygen atoms in total. The van der Waals surface area contributed by atoms with Crippen LogP contribution in [-0.4, -0.2) is 27.0 Å². The minimum atomic E-state index is -1.71. The molecule has 0 aromatic rings. The summed E-state index contributed by atoms with van der Waals surface area (Å²) in [5.41, 5.74) is -3.18. The fourth-order valence-electron chi connectivity index (χ4n) is 2.80. The zero-order valence-corrected chi connectivity index (χ0v) is 8.02. The van der Waals surface area contributed by atoms with Crippen molar-refractivity contribution in [2.24, 2.45) is 5.92 Å². The average molecular weight is 199 g/mol.